The van der Waals surface area contributed by atoms with Crippen molar-refractivity contribution in [2.24, 2.45) is 0 Å². The summed E-state index contributed by atoms with van der Waals surface area (Å²) >= 11 is 0. The van der Waals surface area contributed by atoms with Crippen molar-refractivity contribution < 1.29 is 13.9 Å². The van der Waals surface area contributed by atoms with Crippen LogP contribution in [0.25, 0.3) is 0 Å². The molecule has 0 aliphatic rings. The maximum atomic E-state index is 12.9. The molecule has 0 fully saturated rings. The number of aromatic nitrogens is 2. The SMILES string of the molecule is COc1ccccc1CNc1ccc(NC(=O)c2ccc(F)cc2)nn1. The quantitative estimate of drug-likeness (QED) is 0.710. The Hall–Kier alpha value is -3.48. The van der Waals surface area contributed by atoms with Gasteiger partial charge in [0.25, 0.3) is 5.91 Å². The molecule has 0 radical (unpaired) electrons. The minimum atomic E-state index is -0.396. The standard InChI is InChI=1S/C19H17FN4O2/c1-26-16-5-3-2-4-14(16)12-21-17-10-11-18(24-23-17)22-19(25)13-6-8-15(20)9-7-13/h2-11H,12H2,1H3,(H,21,23)(H,22,24,25). The first kappa shape index (κ1) is 17.3. The smallest absolute Gasteiger partial charge is 0.256 e. The zero-order valence-electron chi connectivity index (χ0n) is 14.1. The molecule has 0 aliphatic heterocycles. The van der Waals surface area contributed by atoms with Crippen LogP contribution in [0.15, 0.2) is 60.7 Å². The van der Waals surface area contributed by atoms with Gasteiger partial charge < -0.3 is 15.4 Å². The molecule has 1 amide bonds. The van der Waals surface area contributed by atoms with E-state index in [4.69, 9.17) is 4.74 Å². The van der Waals surface area contributed by atoms with Gasteiger partial charge in [0.15, 0.2) is 5.82 Å². The van der Waals surface area contributed by atoms with Crippen molar-refractivity contribution in [3.05, 3.63) is 77.6 Å². The summed E-state index contributed by atoms with van der Waals surface area (Å²) in [4.78, 5) is 12.1. The third-order valence-corrected chi connectivity index (χ3v) is 3.67. The number of halogens is 1. The average molecular weight is 352 g/mol. The van der Waals surface area contributed by atoms with Crippen LogP contribution in [0.1, 0.15) is 15.9 Å². The lowest BCUT2D eigenvalue weighted by Gasteiger charge is -2.10. The maximum absolute atomic E-state index is 12.9. The number of ether oxygens (including phenoxy) is 1. The Morgan fingerprint density at radius 1 is 1.00 bits per heavy atom. The Morgan fingerprint density at radius 3 is 2.38 bits per heavy atom. The molecule has 0 saturated carbocycles. The number of nitrogens with zero attached hydrogens (tertiary/aromatic N) is 2. The summed E-state index contributed by atoms with van der Waals surface area (Å²) in [5, 5.41) is 13.8. The van der Waals surface area contributed by atoms with Gasteiger partial charge in [-0.3, -0.25) is 4.79 Å². The molecule has 0 aliphatic carbocycles. The molecular weight excluding hydrogens is 335 g/mol. The third-order valence-electron chi connectivity index (χ3n) is 3.67. The van der Waals surface area contributed by atoms with Crippen molar-refractivity contribution in [2.75, 3.05) is 17.7 Å². The van der Waals surface area contributed by atoms with Crippen LogP contribution in [0.2, 0.25) is 0 Å². The summed E-state index contributed by atoms with van der Waals surface area (Å²) in [5.74, 6) is 0.884. The Kier molecular flexibility index (Phi) is 5.38. The van der Waals surface area contributed by atoms with Gasteiger partial charge in [0.1, 0.15) is 17.4 Å². The fraction of sp³-hybridized carbons (Fsp3) is 0.105. The number of para-hydroxylation sites is 1. The van der Waals surface area contributed by atoms with E-state index in [1.165, 1.54) is 24.3 Å². The molecule has 0 saturated heterocycles. The highest BCUT2D eigenvalue weighted by atomic mass is 19.1. The van der Waals surface area contributed by atoms with E-state index in [1.54, 1.807) is 19.2 Å². The second-order valence-electron chi connectivity index (χ2n) is 5.43. The lowest BCUT2D eigenvalue weighted by Crippen LogP contribution is -2.13. The fourth-order valence-electron chi connectivity index (χ4n) is 2.32. The normalized spacial score (nSPS) is 10.2. The molecule has 1 heterocycles. The molecule has 0 bridgehead atoms. The zero-order chi connectivity index (χ0) is 18.4. The van der Waals surface area contributed by atoms with Gasteiger partial charge >= 0.3 is 0 Å². The highest BCUT2D eigenvalue weighted by Crippen LogP contribution is 2.18. The molecule has 0 spiro atoms. The first-order valence-corrected chi connectivity index (χ1v) is 7.92. The van der Waals surface area contributed by atoms with Crippen LogP contribution in [-0.2, 0) is 6.54 Å². The largest absolute Gasteiger partial charge is 0.496 e. The van der Waals surface area contributed by atoms with Gasteiger partial charge in [-0.25, -0.2) is 4.39 Å². The van der Waals surface area contributed by atoms with Crippen molar-refractivity contribution >= 4 is 17.5 Å². The topological polar surface area (TPSA) is 76.1 Å². The molecule has 2 N–H and O–H groups in total. The molecule has 0 unspecified atom stereocenters. The van der Waals surface area contributed by atoms with Gasteiger partial charge in [-0.2, -0.15) is 0 Å². The van der Waals surface area contributed by atoms with Crippen molar-refractivity contribution in [1.82, 2.24) is 10.2 Å². The van der Waals surface area contributed by atoms with Crippen molar-refractivity contribution in [2.45, 2.75) is 6.54 Å². The number of amides is 1. The first-order valence-electron chi connectivity index (χ1n) is 7.92. The maximum Gasteiger partial charge on any atom is 0.256 e. The summed E-state index contributed by atoms with van der Waals surface area (Å²) in [6.45, 7) is 0.528. The van der Waals surface area contributed by atoms with Gasteiger partial charge in [0.05, 0.1) is 7.11 Å². The molecule has 3 rings (SSSR count). The fourth-order valence-corrected chi connectivity index (χ4v) is 2.32. The number of rotatable bonds is 6. The monoisotopic (exact) mass is 352 g/mol. The van der Waals surface area contributed by atoms with E-state index in [0.29, 0.717) is 23.7 Å². The van der Waals surface area contributed by atoms with Gasteiger partial charge in [0.2, 0.25) is 0 Å². The molecule has 26 heavy (non-hydrogen) atoms. The Labute approximate surface area is 150 Å². The summed E-state index contributed by atoms with van der Waals surface area (Å²) in [7, 11) is 1.62. The van der Waals surface area contributed by atoms with Gasteiger partial charge in [-0.05, 0) is 42.5 Å². The molecule has 132 valence electrons. The van der Waals surface area contributed by atoms with Crippen molar-refractivity contribution in [3.8, 4) is 5.75 Å². The highest BCUT2D eigenvalue weighted by molar-refractivity contribution is 6.03. The minimum Gasteiger partial charge on any atom is -0.496 e. The van der Waals surface area contributed by atoms with Crippen LogP contribution in [0, 0.1) is 5.82 Å². The number of anilines is 2. The predicted octanol–water partition coefficient (Wildman–Crippen LogP) is 3.49. The summed E-state index contributed by atoms with van der Waals surface area (Å²) in [6, 6.07) is 16.3. The Morgan fingerprint density at radius 2 is 1.69 bits per heavy atom. The number of carbonyl (C=O) groups excluding carboxylic acids is 1. The first-order chi connectivity index (χ1) is 12.7. The van der Waals surface area contributed by atoms with Crippen LogP contribution in [0.3, 0.4) is 0 Å². The minimum absolute atomic E-state index is 0.308. The van der Waals surface area contributed by atoms with Crippen LogP contribution in [-0.4, -0.2) is 23.2 Å². The van der Waals surface area contributed by atoms with Gasteiger partial charge in [0, 0.05) is 17.7 Å². The van der Waals surface area contributed by atoms with E-state index in [0.717, 1.165) is 11.3 Å². The van der Waals surface area contributed by atoms with E-state index in [1.807, 2.05) is 24.3 Å². The lowest BCUT2D eigenvalue weighted by molar-refractivity contribution is 0.102. The van der Waals surface area contributed by atoms with Crippen LogP contribution in [0.5, 0.6) is 5.75 Å². The zero-order valence-corrected chi connectivity index (χ0v) is 14.1. The summed E-state index contributed by atoms with van der Waals surface area (Å²) in [6.07, 6.45) is 0. The lowest BCUT2D eigenvalue weighted by atomic mass is 10.2. The molecular formula is C19H17FN4O2. The second kappa shape index (κ2) is 8.06. The van der Waals surface area contributed by atoms with E-state index in [-0.39, 0.29) is 5.91 Å². The molecule has 2 aromatic carbocycles. The summed E-state index contributed by atoms with van der Waals surface area (Å²) in [5.41, 5.74) is 1.33. The Balaban J connectivity index is 1.59. The number of benzene rings is 2. The molecule has 7 heteroatoms. The molecule has 1 aromatic heterocycles. The Bertz CT molecular complexity index is 883. The number of methoxy groups -OCH3 is 1. The highest BCUT2D eigenvalue weighted by Gasteiger charge is 2.08. The van der Waals surface area contributed by atoms with Gasteiger partial charge in [-0.1, -0.05) is 18.2 Å². The van der Waals surface area contributed by atoms with E-state index >= 15 is 0 Å². The van der Waals surface area contributed by atoms with E-state index in [9.17, 15) is 9.18 Å². The third kappa shape index (κ3) is 4.32. The molecule has 3 aromatic rings. The number of hydrogen-bond donors (Lipinski definition) is 2. The second-order valence-corrected chi connectivity index (χ2v) is 5.43. The molecule has 6 nitrogen and oxygen atoms in total. The number of carbonyl (C=O) groups is 1. The number of nitrogens with one attached hydrogen (secondary N) is 2. The molecule has 0 atom stereocenters. The van der Waals surface area contributed by atoms with Crippen molar-refractivity contribution in [3.63, 3.8) is 0 Å². The predicted molar refractivity (Wildman–Crippen MR) is 96.7 cm³/mol. The average Bonchev–Trinajstić information content (AvgIpc) is 2.68. The van der Waals surface area contributed by atoms with Gasteiger partial charge in [-0.15, -0.1) is 10.2 Å². The van der Waals surface area contributed by atoms with Crippen molar-refractivity contribution in [1.29, 1.82) is 0 Å². The number of hydrogen-bond acceptors (Lipinski definition) is 5. The van der Waals surface area contributed by atoms with Crippen LogP contribution in [0.4, 0.5) is 16.0 Å². The van der Waals surface area contributed by atoms with Crippen LogP contribution >= 0.6 is 0 Å². The van der Waals surface area contributed by atoms with Crippen LogP contribution < -0.4 is 15.4 Å². The summed E-state index contributed by atoms with van der Waals surface area (Å²) < 4.78 is 18.2. The van der Waals surface area contributed by atoms with E-state index in [2.05, 4.69) is 20.8 Å². The van der Waals surface area contributed by atoms with E-state index < -0.39 is 5.82 Å².